The molecule has 0 heterocycles. The maximum atomic E-state index is 5.78. The van der Waals surface area contributed by atoms with Crippen LogP contribution < -0.4 is 0 Å². The fourth-order valence-electron chi connectivity index (χ4n) is 0.295. The van der Waals surface area contributed by atoms with Gasteiger partial charge in [-0.25, -0.2) is 0 Å². The van der Waals surface area contributed by atoms with Crippen molar-refractivity contribution in [3.63, 3.8) is 0 Å². The van der Waals surface area contributed by atoms with Crippen molar-refractivity contribution in [3.8, 4) is 0 Å². The largest absolute Gasteiger partial charge is 0.126 e. The molecule has 8 heavy (non-hydrogen) atoms. The molecule has 0 saturated carbocycles. The van der Waals surface area contributed by atoms with Gasteiger partial charge >= 0.3 is 0 Å². The molecular weight excluding hydrogens is 185 g/mol. The summed E-state index contributed by atoms with van der Waals surface area (Å²) in [6, 6.07) is 0. The van der Waals surface area contributed by atoms with Crippen molar-refractivity contribution in [1.82, 2.24) is 0 Å². The van der Waals surface area contributed by atoms with Gasteiger partial charge < -0.3 is 0 Å². The number of hydrogen-bond acceptors (Lipinski definition) is 0. The Morgan fingerprint density at radius 2 is 1.38 bits per heavy atom. The Hall–Kier alpha value is 1.30. The van der Waals surface area contributed by atoms with Crippen molar-refractivity contribution in [1.29, 1.82) is 0 Å². The summed E-state index contributed by atoms with van der Waals surface area (Å²) in [5, 5.41) is 0. The fourth-order valence-corrected chi connectivity index (χ4v) is 3.14. The Balaban J connectivity index is 2.92. The first kappa shape index (κ1) is 9.30. The van der Waals surface area contributed by atoms with E-state index in [0.29, 0.717) is 11.8 Å². The Labute approximate surface area is 66.0 Å². The van der Waals surface area contributed by atoms with Gasteiger partial charge in [0.15, 0.2) is 0 Å². The lowest BCUT2D eigenvalue weighted by Crippen LogP contribution is -1.86. The number of alkyl halides is 2. The highest BCUT2D eigenvalue weighted by molar-refractivity contribution is 7.84. The van der Waals surface area contributed by atoms with E-state index in [2.05, 4.69) is 0 Å². The van der Waals surface area contributed by atoms with Crippen LogP contribution in [0.25, 0.3) is 0 Å². The maximum Gasteiger partial charge on any atom is 0.0273 e. The van der Waals surface area contributed by atoms with Crippen molar-refractivity contribution in [2.75, 3.05) is 24.1 Å². The van der Waals surface area contributed by atoms with Gasteiger partial charge in [0.05, 0.1) is 0 Å². The molecule has 0 amide bonds. The summed E-state index contributed by atoms with van der Waals surface area (Å²) in [7, 11) is -0.372. The third-order valence-corrected chi connectivity index (χ3v) is 3.99. The van der Waals surface area contributed by atoms with Crippen LogP contribution in [0.3, 0.4) is 0 Å². The van der Waals surface area contributed by atoms with Crippen molar-refractivity contribution < 1.29 is 0 Å². The smallest absolute Gasteiger partial charge is 0.0273 e. The molecule has 0 aromatic carbocycles. The molecule has 0 nitrogen and oxygen atoms in total. The molecule has 0 aromatic rings. The van der Waals surface area contributed by atoms with Gasteiger partial charge in [0, 0.05) is 11.8 Å². The van der Waals surface area contributed by atoms with E-state index in [1.165, 1.54) is 0 Å². The second-order valence-electron chi connectivity index (χ2n) is 1.29. The molecule has 0 aliphatic carbocycles. The third kappa shape index (κ3) is 5.44. The van der Waals surface area contributed by atoms with Crippen LogP contribution in [0.2, 0.25) is 0 Å². The van der Waals surface area contributed by atoms with Crippen molar-refractivity contribution in [2.24, 2.45) is 0 Å². The quantitative estimate of drug-likeness (QED) is 0.475. The van der Waals surface area contributed by atoms with Crippen LogP contribution in [0.1, 0.15) is 0 Å². The zero-order chi connectivity index (χ0) is 6.41. The van der Waals surface area contributed by atoms with Gasteiger partial charge in [-0.15, -0.1) is 23.2 Å². The van der Waals surface area contributed by atoms with Crippen LogP contribution in [0.4, 0.5) is 0 Å². The lowest BCUT2D eigenvalue weighted by Gasteiger charge is -2.01. The maximum absolute atomic E-state index is 5.78. The second kappa shape index (κ2) is 6.42. The molecule has 0 saturated heterocycles. The van der Waals surface area contributed by atoms with Crippen molar-refractivity contribution in [3.05, 3.63) is 0 Å². The van der Waals surface area contributed by atoms with Crippen LogP contribution >= 0.6 is 41.7 Å². The van der Waals surface area contributed by atoms with E-state index in [4.69, 9.17) is 34.4 Å². The van der Waals surface area contributed by atoms with Crippen LogP contribution in [-0.4, -0.2) is 24.1 Å². The van der Waals surface area contributed by atoms with Gasteiger partial charge in [-0.1, -0.05) is 11.2 Å². The predicted molar refractivity (Wildman–Crippen MR) is 43.9 cm³/mol. The topological polar surface area (TPSA) is 0 Å². The summed E-state index contributed by atoms with van der Waals surface area (Å²) >= 11 is 16.6. The summed E-state index contributed by atoms with van der Waals surface area (Å²) < 4.78 is 0. The van der Waals surface area contributed by atoms with Gasteiger partial charge in [-0.3, -0.25) is 0 Å². The van der Waals surface area contributed by atoms with E-state index >= 15 is 0 Å². The normalized spacial score (nSPS) is 10.5. The molecule has 0 aliphatic heterocycles. The van der Waals surface area contributed by atoms with E-state index in [0.717, 1.165) is 12.3 Å². The SMILES string of the molecule is ClCCP(Cl)CCCl. The third-order valence-electron chi connectivity index (χ3n) is 0.654. The molecule has 4 heteroatoms. The molecule has 0 rings (SSSR count). The lowest BCUT2D eigenvalue weighted by molar-refractivity contribution is 1.45. The Morgan fingerprint density at radius 1 is 1.00 bits per heavy atom. The first-order chi connectivity index (χ1) is 3.81. The Kier molecular flexibility index (Phi) is 7.46. The monoisotopic (exact) mass is 192 g/mol. The molecular formula is C4H8Cl3P. The van der Waals surface area contributed by atoms with E-state index < -0.39 is 0 Å². The van der Waals surface area contributed by atoms with Gasteiger partial charge in [0.1, 0.15) is 0 Å². The summed E-state index contributed by atoms with van der Waals surface area (Å²) in [5.74, 6) is 1.32. The molecule has 0 radical (unpaired) electrons. The summed E-state index contributed by atoms with van der Waals surface area (Å²) in [6.45, 7) is 0. The minimum absolute atomic E-state index is 0.372. The minimum Gasteiger partial charge on any atom is -0.126 e. The number of rotatable bonds is 4. The highest BCUT2D eigenvalue weighted by atomic mass is 35.7. The molecule has 0 N–H and O–H groups in total. The van der Waals surface area contributed by atoms with Crippen LogP contribution in [0, 0.1) is 0 Å². The average Bonchev–Trinajstić information content (AvgIpc) is 1.68. The zero-order valence-corrected chi connectivity index (χ0v) is 7.57. The van der Waals surface area contributed by atoms with Gasteiger partial charge in [-0.05, 0) is 19.6 Å². The molecule has 0 atom stereocenters. The van der Waals surface area contributed by atoms with E-state index in [1.54, 1.807) is 0 Å². The fraction of sp³-hybridized carbons (Fsp3) is 1.00. The van der Waals surface area contributed by atoms with Gasteiger partial charge in [0.25, 0.3) is 0 Å². The predicted octanol–water partition coefficient (Wildman–Crippen LogP) is 3.10. The highest BCUT2D eigenvalue weighted by Gasteiger charge is 1.99. The first-order valence-electron chi connectivity index (χ1n) is 2.34. The van der Waals surface area contributed by atoms with E-state index in [9.17, 15) is 0 Å². The first-order valence-corrected chi connectivity index (χ1v) is 6.02. The lowest BCUT2D eigenvalue weighted by atomic mass is 10.9. The standard InChI is InChI=1S/C4H8Cl3P/c5-1-3-8(7)4-2-6/h1-4H2. The van der Waals surface area contributed by atoms with Crippen molar-refractivity contribution >= 4 is 41.7 Å². The number of halogens is 3. The van der Waals surface area contributed by atoms with Crippen molar-refractivity contribution in [2.45, 2.75) is 0 Å². The minimum atomic E-state index is -0.372. The Morgan fingerprint density at radius 3 is 1.62 bits per heavy atom. The van der Waals surface area contributed by atoms with Crippen LogP contribution in [0.15, 0.2) is 0 Å². The number of hydrogen-bond donors (Lipinski definition) is 0. The summed E-state index contributed by atoms with van der Waals surface area (Å²) in [4.78, 5) is 0. The molecule has 0 aromatic heterocycles. The molecule has 50 valence electrons. The zero-order valence-electron chi connectivity index (χ0n) is 4.41. The van der Waals surface area contributed by atoms with E-state index in [-0.39, 0.29) is 7.27 Å². The summed E-state index contributed by atoms with van der Waals surface area (Å²) in [5.41, 5.74) is 0. The average molecular weight is 193 g/mol. The molecule has 0 fully saturated rings. The molecule has 0 unspecified atom stereocenters. The molecule has 0 spiro atoms. The second-order valence-corrected chi connectivity index (χ2v) is 5.30. The Bertz CT molecular complexity index is 44.5. The van der Waals surface area contributed by atoms with Crippen LogP contribution in [0.5, 0.6) is 0 Å². The molecule has 0 bridgehead atoms. The summed E-state index contributed by atoms with van der Waals surface area (Å²) in [6.07, 6.45) is 1.84. The molecule has 0 aliphatic rings. The van der Waals surface area contributed by atoms with E-state index in [1.807, 2.05) is 0 Å². The highest BCUT2D eigenvalue weighted by Crippen LogP contribution is 2.40. The van der Waals surface area contributed by atoms with Gasteiger partial charge in [-0.2, -0.15) is 0 Å². The van der Waals surface area contributed by atoms with Gasteiger partial charge in [0.2, 0.25) is 0 Å². The van der Waals surface area contributed by atoms with Crippen LogP contribution in [-0.2, 0) is 0 Å².